The zero-order valence-electron chi connectivity index (χ0n) is 18.5. The first-order chi connectivity index (χ1) is 15.7. The van der Waals surface area contributed by atoms with Crippen molar-refractivity contribution in [3.05, 3.63) is 52.3 Å². The zero-order valence-corrected chi connectivity index (χ0v) is 20.1. The van der Waals surface area contributed by atoms with Crippen LogP contribution < -0.4 is 0 Å². The summed E-state index contributed by atoms with van der Waals surface area (Å²) < 4.78 is 34.3. The van der Waals surface area contributed by atoms with Gasteiger partial charge in [0.05, 0.1) is 12.2 Å². The van der Waals surface area contributed by atoms with Gasteiger partial charge in [-0.05, 0) is 43.7 Å². The molecule has 1 aromatic heterocycles. The van der Waals surface area contributed by atoms with E-state index in [0.29, 0.717) is 16.8 Å². The van der Waals surface area contributed by atoms with E-state index in [1.54, 1.807) is 31.2 Å². The van der Waals surface area contributed by atoms with Crippen molar-refractivity contribution in [1.82, 2.24) is 5.16 Å². The van der Waals surface area contributed by atoms with E-state index in [1.165, 1.54) is 6.26 Å². The molecule has 10 heteroatoms. The van der Waals surface area contributed by atoms with Crippen molar-refractivity contribution in [2.45, 2.75) is 57.8 Å². The van der Waals surface area contributed by atoms with Gasteiger partial charge in [0.1, 0.15) is 18.1 Å². The molecule has 0 saturated heterocycles. The lowest BCUT2D eigenvalue weighted by Crippen LogP contribution is -2.20. The topological polar surface area (TPSA) is 121 Å². The average Bonchev–Trinajstić information content (AvgIpc) is 3.22. The minimum Gasteiger partial charge on any atom is -0.458 e. The Kier molecular flexibility index (Phi) is 10.0. The van der Waals surface area contributed by atoms with Crippen LogP contribution in [0.15, 0.2) is 45.7 Å². The predicted molar refractivity (Wildman–Crippen MR) is 121 cm³/mol. The van der Waals surface area contributed by atoms with E-state index < -0.39 is 9.84 Å². The lowest BCUT2D eigenvalue weighted by Gasteiger charge is -2.22. The number of hydrogen-bond acceptors (Lipinski definition) is 8. The monoisotopic (exact) mass is 495 g/mol. The van der Waals surface area contributed by atoms with Gasteiger partial charge in [0.15, 0.2) is 9.84 Å². The van der Waals surface area contributed by atoms with Gasteiger partial charge in [-0.1, -0.05) is 47.9 Å². The van der Waals surface area contributed by atoms with Crippen LogP contribution in [-0.4, -0.2) is 37.6 Å². The summed E-state index contributed by atoms with van der Waals surface area (Å²) in [6.07, 6.45) is 5.17. The van der Waals surface area contributed by atoms with E-state index in [-0.39, 0.29) is 36.2 Å². The smallest absolute Gasteiger partial charge is 0.373 e. The number of rotatable bonds is 8. The number of halogens is 1. The number of hydrogen-bond donors (Lipinski definition) is 0. The molecule has 0 spiro atoms. The molecular weight excluding hydrogens is 470 g/mol. The van der Waals surface area contributed by atoms with Crippen molar-refractivity contribution in [3.8, 4) is 11.3 Å². The van der Waals surface area contributed by atoms with Crippen LogP contribution >= 0.6 is 11.6 Å². The first-order valence-corrected chi connectivity index (χ1v) is 12.7. The van der Waals surface area contributed by atoms with Crippen molar-refractivity contribution in [2.75, 3.05) is 5.75 Å². The van der Waals surface area contributed by atoms with Crippen molar-refractivity contribution in [1.29, 1.82) is 0 Å². The van der Waals surface area contributed by atoms with E-state index in [2.05, 4.69) is 5.16 Å². The Balaban J connectivity index is 0.00000122. The predicted octanol–water partition coefficient (Wildman–Crippen LogP) is 4.23. The molecule has 1 aliphatic rings. The van der Waals surface area contributed by atoms with Crippen LogP contribution in [0.2, 0.25) is 0 Å². The third-order valence-electron chi connectivity index (χ3n) is 5.27. The third-order valence-corrected chi connectivity index (χ3v) is 7.36. The summed E-state index contributed by atoms with van der Waals surface area (Å²) in [5.41, 5.74) is 3.61. The Bertz CT molecular complexity index is 1110. The Morgan fingerprint density at radius 2 is 1.85 bits per heavy atom. The molecule has 0 aliphatic heterocycles. The van der Waals surface area contributed by atoms with E-state index in [0.717, 1.165) is 41.9 Å². The minimum atomic E-state index is -3.10. The Morgan fingerprint density at radius 3 is 2.45 bits per heavy atom. The lowest BCUT2D eigenvalue weighted by atomic mass is 9.96. The highest BCUT2D eigenvalue weighted by Gasteiger charge is 2.22. The number of esters is 1. The fraction of sp³-hybridized carbons (Fsp3) is 0.435. The summed E-state index contributed by atoms with van der Waals surface area (Å²) in [6, 6.07) is 7.06. The molecule has 3 rings (SSSR count). The maximum Gasteiger partial charge on any atom is 0.373 e. The number of carbonyl (C=O) groups excluding carboxylic acids is 3. The minimum absolute atomic E-state index is 0.00191. The van der Waals surface area contributed by atoms with Crippen LogP contribution in [0.25, 0.3) is 11.3 Å². The van der Waals surface area contributed by atoms with Gasteiger partial charge in [-0.15, -0.1) is 0 Å². The number of aromatic nitrogens is 1. The van der Waals surface area contributed by atoms with Crippen molar-refractivity contribution >= 4 is 33.6 Å². The maximum absolute atomic E-state index is 12.5. The highest BCUT2D eigenvalue weighted by atomic mass is 35.5. The van der Waals surface area contributed by atoms with Crippen LogP contribution in [0.4, 0.5) is 0 Å². The van der Waals surface area contributed by atoms with Crippen LogP contribution in [-0.2, 0) is 41.1 Å². The average molecular weight is 496 g/mol. The highest BCUT2D eigenvalue weighted by Crippen LogP contribution is 2.31. The summed E-state index contributed by atoms with van der Waals surface area (Å²) in [5, 5.41) is 4.81. The first kappa shape index (κ1) is 26.5. The van der Waals surface area contributed by atoms with Crippen molar-refractivity contribution < 1.29 is 32.1 Å². The number of ether oxygens (including phenoxy) is 1. The summed E-state index contributed by atoms with van der Waals surface area (Å²) in [5.74, 6) is -0.275. The lowest BCUT2D eigenvalue weighted by molar-refractivity contribution is -0.191. The molecule has 1 aliphatic carbocycles. The summed E-state index contributed by atoms with van der Waals surface area (Å²) in [4.78, 5) is 28.7. The molecule has 0 fully saturated rings. The van der Waals surface area contributed by atoms with Crippen LogP contribution in [0.3, 0.4) is 0 Å². The van der Waals surface area contributed by atoms with Gasteiger partial charge in [-0.2, -0.15) is 9.59 Å². The van der Waals surface area contributed by atoms with Gasteiger partial charge < -0.3 is 9.26 Å². The van der Waals surface area contributed by atoms with Gasteiger partial charge in [0.25, 0.3) is 0 Å². The number of nitrogens with zero attached hydrogens (tertiary/aromatic N) is 1. The third kappa shape index (κ3) is 7.96. The zero-order chi connectivity index (χ0) is 24.4. The molecule has 0 amide bonds. The first-order valence-electron chi connectivity index (χ1n) is 10.5. The fourth-order valence-electron chi connectivity index (χ4n) is 3.52. The number of benzene rings is 1. The molecule has 1 atom stereocenters. The second-order valence-corrected chi connectivity index (χ2v) is 10.4. The van der Waals surface area contributed by atoms with Gasteiger partial charge in [-0.3, -0.25) is 4.79 Å². The summed E-state index contributed by atoms with van der Waals surface area (Å²) in [7, 11) is -3.10. The number of sulfone groups is 1. The highest BCUT2D eigenvalue weighted by molar-refractivity contribution is 7.90. The summed E-state index contributed by atoms with van der Waals surface area (Å²) >= 11 is 6.30. The van der Waals surface area contributed by atoms with Gasteiger partial charge in [-0.25, -0.2) is 8.42 Å². The van der Waals surface area contributed by atoms with Gasteiger partial charge >= 0.3 is 12.1 Å². The van der Waals surface area contributed by atoms with Crippen LogP contribution in [0.5, 0.6) is 0 Å². The normalized spacial score (nSPS) is 14.6. The molecule has 0 N–H and O–H groups in total. The van der Waals surface area contributed by atoms with E-state index in [1.807, 2.05) is 6.92 Å². The van der Waals surface area contributed by atoms with Crippen molar-refractivity contribution in [2.24, 2.45) is 0 Å². The molecular formula is C23H26ClNO7S. The van der Waals surface area contributed by atoms with Crippen LogP contribution in [0.1, 0.15) is 50.7 Å². The van der Waals surface area contributed by atoms with Crippen molar-refractivity contribution in [3.63, 3.8) is 0 Å². The molecule has 0 radical (unpaired) electrons. The summed E-state index contributed by atoms with van der Waals surface area (Å²) in [6.45, 7) is 3.47. The molecule has 0 saturated carbocycles. The van der Waals surface area contributed by atoms with Gasteiger partial charge in [0.2, 0.25) is 0 Å². The molecule has 178 valence electrons. The largest absolute Gasteiger partial charge is 0.458 e. The second kappa shape index (κ2) is 12.5. The van der Waals surface area contributed by atoms with Gasteiger partial charge in [0, 0.05) is 21.9 Å². The molecule has 2 aromatic rings. The Morgan fingerprint density at radius 1 is 1.21 bits per heavy atom. The molecule has 1 heterocycles. The quantitative estimate of drug-likeness (QED) is 0.498. The second-order valence-electron chi connectivity index (χ2n) is 7.59. The SMILES string of the molecule is CCS(=O)(=O)Cc1ccc(-c2nocc2CC(=O)OC(C)C2=C(Cl)CCCC2)cc1.O=C=O. The van der Waals surface area contributed by atoms with E-state index in [9.17, 15) is 13.2 Å². The molecule has 8 nitrogen and oxygen atoms in total. The van der Waals surface area contributed by atoms with Crippen LogP contribution in [0, 0.1) is 0 Å². The molecule has 1 unspecified atom stereocenters. The molecule has 0 bridgehead atoms. The number of carbonyl (C=O) groups is 1. The van der Waals surface area contributed by atoms with E-state index in [4.69, 9.17) is 30.4 Å². The molecule has 33 heavy (non-hydrogen) atoms. The number of allylic oxidation sites excluding steroid dienone is 1. The standard InChI is InChI=1S/C22H26ClNO5S.CO2/c1-3-30(26,27)14-16-8-10-17(11-9-16)22-18(13-28-24-22)12-21(25)29-15(2)19-6-4-5-7-20(19)23;2-1-3/h8-11,13,15H,3-7,12,14H2,1-2H3;. The fourth-order valence-corrected chi connectivity index (χ4v) is 4.80. The molecule has 1 aromatic carbocycles. The maximum atomic E-state index is 12.5. The Labute approximate surface area is 197 Å². The van der Waals surface area contributed by atoms with E-state index >= 15 is 0 Å². The Hall–Kier alpha value is -2.74.